The van der Waals surface area contributed by atoms with Crippen molar-refractivity contribution in [3.05, 3.63) is 12.4 Å². The second-order valence-electron chi connectivity index (χ2n) is 4.95. The van der Waals surface area contributed by atoms with Crippen LogP contribution < -0.4 is 15.8 Å². The maximum absolute atomic E-state index is 6.36. The third-order valence-corrected chi connectivity index (χ3v) is 3.38. The van der Waals surface area contributed by atoms with Crippen LogP contribution in [-0.4, -0.2) is 28.7 Å². The Morgan fingerprint density at radius 1 is 1.33 bits per heavy atom. The van der Waals surface area contributed by atoms with Crippen LogP contribution >= 0.6 is 0 Å². The first-order valence-corrected chi connectivity index (χ1v) is 6.69. The van der Waals surface area contributed by atoms with Gasteiger partial charge in [-0.1, -0.05) is 19.3 Å². The largest absolute Gasteiger partial charge is 0.477 e. The van der Waals surface area contributed by atoms with E-state index in [1.54, 1.807) is 12.4 Å². The van der Waals surface area contributed by atoms with E-state index in [0.29, 0.717) is 12.5 Å². The molecule has 18 heavy (non-hydrogen) atoms. The molecule has 0 unspecified atom stereocenters. The summed E-state index contributed by atoms with van der Waals surface area (Å²) in [5, 5.41) is 3.28. The van der Waals surface area contributed by atoms with Crippen LogP contribution in [0.25, 0.3) is 0 Å². The Hall–Kier alpha value is -1.36. The van der Waals surface area contributed by atoms with E-state index >= 15 is 0 Å². The summed E-state index contributed by atoms with van der Waals surface area (Å²) in [5.74, 6) is 1.29. The molecule has 0 radical (unpaired) electrons. The van der Waals surface area contributed by atoms with Gasteiger partial charge in [0.1, 0.15) is 5.82 Å². The second kappa shape index (κ2) is 6.00. The lowest BCUT2D eigenvalue weighted by Gasteiger charge is -2.33. The molecule has 0 amide bonds. The van der Waals surface area contributed by atoms with Crippen LogP contribution in [0.1, 0.15) is 39.0 Å². The number of nitrogens with zero attached hydrogens (tertiary/aromatic N) is 2. The smallest absolute Gasteiger partial charge is 0.234 e. The molecule has 0 atom stereocenters. The minimum atomic E-state index is -0.0957. The van der Waals surface area contributed by atoms with E-state index in [1.807, 2.05) is 6.92 Å². The summed E-state index contributed by atoms with van der Waals surface area (Å²) in [6, 6.07) is 0. The van der Waals surface area contributed by atoms with Gasteiger partial charge in [-0.25, -0.2) is 0 Å². The summed E-state index contributed by atoms with van der Waals surface area (Å²) in [6.45, 7) is 3.27. The lowest BCUT2D eigenvalue weighted by Crippen LogP contribution is -2.47. The Morgan fingerprint density at radius 3 is 2.83 bits per heavy atom. The zero-order valence-corrected chi connectivity index (χ0v) is 11.0. The third-order valence-electron chi connectivity index (χ3n) is 3.38. The van der Waals surface area contributed by atoms with E-state index < -0.39 is 0 Å². The molecular weight excluding hydrogens is 228 g/mol. The maximum Gasteiger partial charge on any atom is 0.234 e. The molecule has 1 fully saturated rings. The molecule has 100 valence electrons. The van der Waals surface area contributed by atoms with Gasteiger partial charge in [0.15, 0.2) is 0 Å². The molecule has 1 aliphatic rings. The zero-order valence-electron chi connectivity index (χ0n) is 11.0. The maximum atomic E-state index is 6.36. The fourth-order valence-corrected chi connectivity index (χ4v) is 2.35. The minimum absolute atomic E-state index is 0.0957. The van der Waals surface area contributed by atoms with E-state index in [1.165, 1.54) is 19.3 Å². The molecule has 2 rings (SSSR count). The number of hydrogen-bond donors (Lipinski definition) is 2. The van der Waals surface area contributed by atoms with Crippen LogP contribution in [0.5, 0.6) is 5.88 Å². The van der Waals surface area contributed by atoms with Crippen molar-refractivity contribution in [2.75, 3.05) is 18.5 Å². The van der Waals surface area contributed by atoms with E-state index in [9.17, 15) is 0 Å². The minimum Gasteiger partial charge on any atom is -0.477 e. The predicted molar refractivity (Wildman–Crippen MR) is 71.7 cm³/mol. The molecule has 0 saturated heterocycles. The number of rotatable bonds is 5. The van der Waals surface area contributed by atoms with Crippen molar-refractivity contribution in [1.29, 1.82) is 0 Å². The van der Waals surface area contributed by atoms with Crippen LogP contribution in [0, 0.1) is 0 Å². The highest BCUT2D eigenvalue weighted by molar-refractivity contribution is 5.34. The molecule has 1 saturated carbocycles. The Morgan fingerprint density at radius 2 is 2.11 bits per heavy atom. The number of nitrogens with one attached hydrogen (secondary N) is 1. The van der Waals surface area contributed by atoms with Gasteiger partial charge in [-0.3, -0.25) is 4.98 Å². The average Bonchev–Trinajstić information content (AvgIpc) is 2.38. The monoisotopic (exact) mass is 250 g/mol. The van der Waals surface area contributed by atoms with Gasteiger partial charge in [0, 0.05) is 12.1 Å². The summed E-state index contributed by atoms with van der Waals surface area (Å²) in [6.07, 6.45) is 9.24. The predicted octanol–water partition coefficient (Wildman–Crippen LogP) is 1.95. The fourth-order valence-electron chi connectivity index (χ4n) is 2.35. The normalized spacial score (nSPS) is 18.3. The van der Waals surface area contributed by atoms with Crippen LogP contribution in [0.4, 0.5) is 5.82 Å². The van der Waals surface area contributed by atoms with E-state index in [2.05, 4.69) is 15.3 Å². The summed E-state index contributed by atoms with van der Waals surface area (Å²) in [5.41, 5.74) is 6.27. The van der Waals surface area contributed by atoms with Crippen molar-refractivity contribution in [2.45, 2.75) is 44.6 Å². The lowest BCUT2D eigenvalue weighted by atomic mass is 9.82. The SMILES string of the molecule is CCOc1cncc(NCC2(N)CCCCC2)n1. The lowest BCUT2D eigenvalue weighted by molar-refractivity contribution is 0.310. The highest BCUT2D eigenvalue weighted by atomic mass is 16.5. The van der Waals surface area contributed by atoms with Gasteiger partial charge in [-0.15, -0.1) is 0 Å². The van der Waals surface area contributed by atoms with Gasteiger partial charge < -0.3 is 15.8 Å². The Kier molecular flexibility index (Phi) is 4.36. The van der Waals surface area contributed by atoms with Crippen molar-refractivity contribution in [3.63, 3.8) is 0 Å². The zero-order chi connectivity index (χ0) is 12.8. The molecular formula is C13H22N4O. The number of ether oxygens (including phenoxy) is 1. The van der Waals surface area contributed by atoms with Crippen molar-refractivity contribution in [1.82, 2.24) is 9.97 Å². The molecule has 1 aromatic heterocycles. The third kappa shape index (κ3) is 3.57. The first-order chi connectivity index (χ1) is 8.72. The van der Waals surface area contributed by atoms with Gasteiger partial charge in [-0.2, -0.15) is 4.98 Å². The standard InChI is InChI=1S/C13H22N4O/c1-2-18-12-9-15-8-11(17-12)16-10-13(14)6-4-3-5-7-13/h8-9H,2-7,10,14H2,1H3,(H,16,17). The molecule has 1 heterocycles. The molecule has 0 aromatic carbocycles. The first-order valence-electron chi connectivity index (χ1n) is 6.69. The summed E-state index contributed by atoms with van der Waals surface area (Å²) >= 11 is 0. The average molecular weight is 250 g/mol. The Labute approximate surface area is 108 Å². The van der Waals surface area contributed by atoms with Crippen LogP contribution in [0.15, 0.2) is 12.4 Å². The fraction of sp³-hybridized carbons (Fsp3) is 0.692. The summed E-state index contributed by atoms with van der Waals surface area (Å²) in [4.78, 5) is 8.43. The van der Waals surface area contributed by atoms with Gasteiger partial charge in [0.25, 0.3) is 0 Å². The summed E-state index contributed by atoms with van der Waals surface area (Å²) < 4.78 is 5.32. The van der Waals surface area contributed by atoms with Gasteiger partial charge in [0.05, 0.1) is 19.0 Å². The molecule has 5 heteroatoms. The summed E-state index contributed by atoms with van der Waals surface area (Å²) in [7, 11) is 0. The van der Waals surface area contributed by atoms with E-state index in [-0.39, 0.29) is 5.54 Å². The van der Waals surface area contributed by atoms with Crippen molar-refractivity contribution >= 4 is 5.82 Å². The van der Waals surface area contributed by atoms with Gasteiger partial charge >= 0.3 is 0 Å². The topological polar surface area (TPSA) is 73.1 Å². The van der Waals surface area contributed by atoms with Crippen LogP contribution in [-0.2, 0) is 0 Å². The molecule has 0 spiro atoms. The first kappa shape index (κ1) is 13.1. The van der Waals surface area contributed by atoms with Crippen molar-refractivity contribution in [2.24, 2.45) is 5.73 Å². The van der Waals surface area contributed by atoms with E-state index in [0.717, 1.165) is 25.2 Å². The molecule has 5 nitrogen and oxygen atoms in total. The highest BCUT2D eigenvalue weighted by Crippen LogP contribution is 2.26. The van der Waals surface area contributed by atoms with Crippen LogP contribution in [0.2, 0.25) is 0 Å². The molecule has 1 aromatic rings. The molecule has 0 bridgehead atoms. The second-order valence-corrected chi connectivity index (χ2v) is 4.95. The number of anilines is 1. The Balaban J connectivity index is 1.90. The number of hydrogen-bond acceptors (Lipinski definition) is 5. The van der Waals surface area contributed by atoms with Gasteiger partial charge in [0.2, 0.25) is 5.88 Å². The van der Waals surface area contributed by atoms with Gasteiger partial charge in [-0.05, 0) is 19.8 Å². The molecule has 1 aliphatic carbocycles. The number of aromatic nitrogens is 2. The van der Waals surface area contributed by atoms with Crippen molar-refractivity contribution in [3.8, 4) is 5.88 Å². The van der Waals surface area contributed by atoms with E-state index in [4.69, 9.17) is 10.5 Å². The highest BCUT2D eigenvalue weighted by Gasteiger charge is 2.27. The number of nitrogens with two attached hydrogens (primary N) is 1. The quantitative estimate of drug-likeness (QED) is 0.835. The van der Waals surface area contributed by atoms with Crippen LogP contribution in [0.3, 0.4) is 0 Å². The van der Waals surface area contributed by atoms with Crippen molar-refractivity contribution < 1.29 is 4.74 Å². The molecule has 3 N–H and O–H groups in total. The molecule has 0 aliphatic heterocycles. The Bertz CT molecular complexity index is 377.